The van der Waals surface area contributed by atoms with E-state index in [0.717, 1.165) is 26.1 Å². The summed E-state index contributed by atoms with van der Waals surface area (Å²) in [7, 11) is 1.85. The van der Waals surface area contributed by atoms with Gasteiger partial charge in [0.1, 0.15) is 0 Å². The van der Waals surface area contributed by atoms with Crippen molar-refractivity contribution in [1.29, 1.82) is 0 Å². The topological polar surface area (TPSA) is 53.6 Å². The molecule has 2 saturated heterocycles. The summed E-state index contributed by atoms with van der Waals surface area (Å²) in [6.07, 6.45) is 3.32. The highest BCUT2D eigenvalue weighted by molar-refractivity contribution is 5.74. The fourth-order valence-corrected chi connectivity index (χ4v) is 2.26. The molecular formula is C11H21N3O2. The molecule has 0 aromatic carbocycles. The second kappa shape index (κ2) is 5.50. The van der Waals surface area contributed by atoms with Crippen molar-refractivity contribution >= 4 is 6.03 Å². The summed E-state index contributed by atoms with van der Waals surface area (Å²) in [5.74, 6) is 0. The van der Waals surface area contributed by atoms with Gasteiger partial charge >= 0.3 is 6.03 Å². The number of nitrogens with one attached hydrogen (secondary N) is 2. The Morgan fingerprint density at radius 2 is 2.44 bits per heavy atom. The van der Waals surface area contributed by atoms with E-state index in [9.17, 15) is 4.79 Å². The second-order valence-corrected chi connectivity index (χ2v) is 4.68. The Bertz CT molecular complexity index is 235. The van der Waals surface area contributed by atoms with Gasteiger partial charge in [-0.05, 0) is 25.8 Å². The molecule has 2 amide bonds. The van der Waals surface area contributed by atoms with Crippen molar-refractivity contribution in [3.05, 3.63) is 0 Å². The number of amides is 2. The van der Waals surface area contributed by atoms with Gasteiger partial charge < -0.3 is 20.3 Å². The van der Waals surface area contributed by atoms with E-state index < -0.39 is 0 Å². The Morgan fingerprint density at radius 3 is 3.06 bits per heavy atom. The average Bonchev–Trinajstić information content (AvgIpc) is 2.90. The van der Waals surface area contributed by atoms with Crippen molar-refractivity contribution in [2.24, 2.45) is 0 Å². The van der Waals surface area contributed by atoms with E-state index in [4.69, 9.17) is 4.74 Å². The first-order valence-corrected chi connectivity index (χ1v) is 6.08. The molecule has 0 aromatic heterocycles. The quantitative estimate of drug-likeness (QED) is 0.722. The Balaban J connectivity index is 1.70. The van der Waals surface area contributed by atoms with Crippen LogP contribution in [0.5, 0.6) is 0 Å². The number of nitrogens with zero attached hydrogens (tertiary/aromatic N) is 1. The molecule has 16 heavy (non-hydrogen) atoms. The van der Waals surface area contributed by atoms with Crippen LogP contribution in [0.2, 0.25) is 0 Å². The molecule has 2 atom stereocenters. The van der Waals surface area contributed by atoms with Gasteiger partial charge in [0, 0.05) is 26.2 Å². The van der Waals surface area contributed by atoms with Crippen LogP contribution in [-0.2, 0) is 4.74 Å². The zero-order valence-corrected chi connectivity index (χ0v) is 9.87. The Morgan fingerprint density at radius 1 is 1.56 bits per heavy atom. The average molecular weight is 227 g/mol. The van der Waals surface area contributed by atoms with Crippen LogP contribution in [0.4, 0.5) is 4.79 Å². The third-order valence-corrected chi connectivity index (χ3v) is 3.26. The van der Waals surface area contributed by atoms with Crippen LogP contribution in [0, 0.1) is 0 Å². The minimum atomic E-state index is 0.0178. The van der Waals surface area contributed by atoms with Crippen molar-refractivity contribution in [1.82, 2.24) is 15.5 Å². The molecule has 2 unspecified atom stereocenters. The molecule has 2 aliphatic heterocycles. The number of ether oxygens (including phenoxy) is 1. The maximum Gasteiger partial charge on any atom is 0.317 e. The molecule has 2 N–H and O–H groups in total. The monoisotopic (exact) mass is 227 g/mol. The van der Waals surface area contributed by atoms with E-state index in [1.54, 1.807) is 4.90 Å². The van der Waals surface area contributed by atoms with Crippen LogP contribution in [0.1, 0.15) is 19.3 Å². The van der Waals surface area contributed by atoms with Gasteiger partial charge in [-0.25, -0.2) is 4.79 Å². The largest absolute Gasteiger partial charge is 0.379 e. The molecule has 0 bridgehead atoms. The van der Waals surface area contributed by atoms with Gasteiger partial charge in [-0.15, -0.1) is 0 Å². The fourth-order valence-electron chi connectivity index (χ4n) is 2.26. The van der Waals surface area contributed by atoms with E-state index in [2.05, 4.69) is 10.6 Å². The molecule has 5 nitrogen and oxygen atoms in total. The fraction of sp³-hybridized carbons (Fsp3) is 0.909. The highest BCUT2D eigenvalue weighted by atomic mass is 16.5. The van der Waals surface area contributed by atoms with Crippen molar-refractivity contribution in [3.63, 3.8) is 0 Å². The zero-order valence-electron chi connectivity index (χ0n) is 9.87. The van der Waals surface area contributed by atoms with Gasteiger partial charge in [0.15, 0.2) is 0 Å². The van der Waals surface area contributed by atoms with Crippen molar-refractivity contribution in [2.75, 3.05) is 33.4 Å². The predicted octanol–water partition coefficient (Wildman–Crippen LogP) is 0.169. The summed E-state index contributed by atoms with van der Waals surface area (Å²) in [4.78, 5) is 13.6. The standard InChI is InChI=1S/C11H21N3O2/c1-14(7-9-3-2-5-12-9)11(15)13-10-4-6-16-8-10/h9-10,12H,2-8H2,1H3,(H,13,15). The van der Waals surface area contributed by atoms with E-state index in [-0.39, 0.29) is 12.1 Å². The smallest absolute Gasteiger partial charge is 0.317 e. The first-order valence-electron chi connectivity index (χ1n) is 6.08. The SMILES string of the molecule is CN(CC1CCCN1)C(=O)NC1CCOC1. The molecule has 92 valence electrons. The molecule has 2 fully saturated rings. The number of urea groups is 1. The summed E-state index contributed by atoms with van der Waals surface area (Å²) in [6, 6.07) is 0.686. The number of likely N-dealkylation sites (N-methyl/N-ethyl adjacent to an activating group) is 1. The van der Waals surface area contributed by atoms with Crippen molar-refractivity contribution in [3.8, 4) is 0 Å². The molecular weight excluding hydrogens is 206 g/mol. The summed E-state index contributed by atoms with van der Waals surface area (Å²) in [5.41, 5.74) is 0. The minimum absolute atomic E-state index is 0.0178. The van der Waals surface area contributed by atoms with Gasteiger partial charge in [-0.2, -0.15) is 0 Å². The lowest BCUT2D eigenvalue weighted by atomic mass is 10.2. The maximum atomic E-state index is 11.8. The number of rotatable bonds is 3. The van der Waals surface area contributed by atoms with Gasteiger partial charge in [0.2, 0.25) is 0 Å². The first kappa shape index (κ1) is 11.7. The lowest BCUT2D eigenvalue weighted by Crippen LogP contribution is -2.47. The molecule has 2 aliphatic rings. The van der Waals surface area contributed by atoms with E-state index >= 15 is 0 Å². The Hall–Kier alpha value is -0.810. The highest BCUT2D eigenvalue weighted by Gasteiger charge is 2.22. The maximum absolute atomic E-state index is 11.8. The number of carbonyl (C=O) groups is 1. The summed E-state index contributed by atoms with van der Waals surface area (Å²) in [6.45, 7) is 3.29. The van der Waals surface area contributed by atoms with Gasteiger partial charge in [0.05, 0.1) is 12.6 Å². The van der Waals surface area contributed by atoms with Crippen molar-refractivity contribution < 1.29 is 9.53 Å². The minimum Gasteiger partial charge on any atom is -0.379 e. The molecule has 2 heterocycles. The predicted molar refractivity (Wildman–Crippen MR) is 61.4 cm³/mol. The number of hydrogen-bond donors (Lipinski definition) is 2. The molecule has 5 heteroatoms. The lowest BCUT2D eigenvalue weighted by molar-refractivity contribution is 0.180. The van der Waals surface area contributed by atoms with E-state index in [0.29, 0.717) is 12.6 Å². The van der Waals surface area contributed by atoms with Crippen LogP contribution in [-0.4, -0.2) is 56.4 Å². The van der Waals surface area contributed by atoms with Crippen molar-refractivity contribution in [2.45, 2.75) is 31.3 Å². The molecule has 0 radical (unpaired) electrons. The van der Waals surface area contributed by atoms with Gasteiger partial charge in [-0.1, -0.05) is 0 Å². The van der Waals surface area contributed by atoms with Crippen LogP contribution in [0.3, 0.4) is 0 Å². The van der Waals surface area contributed by atoms with Crippen LogP contribution in [0.15, 0.2) is 0 Å². The van der Waals surface area contributed by atoms with E-state index in [1.807, 2.05) is 7.05 Å². The third-order valence-electron chi connectivity index (χ3n) is 3.26. The number of carbonyl (C=O) groups excluding carboxylic acids is 1. The first-order chi connectivity index (χ1) is 7.75. The van der Waals surface area contributed by atoms with Crippen LogP contribution < -0.4 is 10.6 Å². The van der Waals surface area contributed by atoms with Gasteiger partial charge in [0.25, 0.3) is 0 Å². The molecule has 0 spiro atoms. The Kier molecular flexibility index (Phi) is 4.01. The zero-order chi connectivity index (χ0) is 11.4. The normalized spacial score (nSPS) is 29.3. The van der Waals surface area contributed by atoms with Crippen LogP contribution in [0.25, 0.3) is 0 Å². The van der Waals surface area contributed by atoms with Gasteiger partial charge in [-0.3, -0.25) is 0 Å². The second-order valence-electron chi connectivity index (χ2n) is 4.68. The summed E-state index contributed by atoms with van der Waals surface area (Å²) >= 11 is 0. The molecule has 0 saturated carbocycles. The molecule has 0 aliphatic carbocycles. The third kappa shape index (κ3) is 3.09. The lowest BCUT2D eigenvalue weighted by Gasteiger charge is -2.23. The Labute approximate surface area is 96.5 Å². The molecule has 0 aromatic rings. The summed E-state index contributed by atoms with van der Waals surface area (Å²) in [5, 5.41) is 6.38. The number of hydrogen-bond acceptors (Lipinski definition) is 3. The van der Waals surface area contributed by atoms with E-state index in [1.165, 1.54) is 12.8 Å². The summed E-state index contributed by atoms with van der Waals surface area (Å²) < 4.78 is 5.23. The highest BCUT2D eigenvalue weighted by Crippen LogP contribution is 2.07. The van der Waals surface area contributed by atoms with Crippen LogP contribution >= 0.6 is 0 Å². The molecule has 2 rings (SSSR count).